The highest BCUT2D eigenvalue weighted by Gasteiger charge is 2.19. The number of hydrogen-bond acceptors (Lipinski definition) is 6. The van der Waals surface area contributed by atoms with Crippen LogP contribution in [-0.2, 0) is 22.8 Å². The minimum Gasteiger partial charge on any atom is -0.303 e. The summed E-state index contributed by atoms with van der Waals surface area (Å²) < 4.78 is 32.5. The molecule has 14 heavy (non-hydrogen) atoms. The second kappa shape index (κ2) is 5.92. The zero-order valence-electron chi connectivity index (χ0n) is 6.98. The SMILES string of the molecule is NOP(=O)(O)OCCCOP(=O)(O)O. The molecule has 0 aliphatic rings. The Bertz CT molecular complexity index is 249. The van der Waals surface area contributed by atoms with E-state index in [2.05, 4.69) is 19.6 Å². The van der Waals surface area contributed by atoms with Crippen LogP contribution in [0.1, 0.15) is 6.42 Å². The number of phosphoric ester groups is 2. The van der Waals surface area contributed by atoms with Gasteiger partial charge in [0.1, 0.15) is 0 Å². The molecule has 0 amide bonds. The van der Waals surface area contributed by atoms with Crippen molar-refractivity contribution in [3.8, 4) is 0 Å². The van der Waals surface area contributed by atoms with E-state index in [-0.39, 0.29) is 19.6 Å². The first-order valence-corrected chi connectivity index (χ1v) is 6.35. The van der Waals surface area contributed by atoms with Crippen molar-refractivity contribution < 1.29 is 37.5 Å². The lowest BCUT2D eigenvalue weighted by atomic mass is 10.5. The Kier molecular flexibility index (Phi) is 5.99. The summed E-state index contributed by atoms with van der Waals surface area (Å²) in [4.78, 5) is 25.0. The van der Waals surface area contributed by atoms with Crippen LogP contribution in [0.15, 0.2) is 0 Å². The summed E-state index contributed by atoms with van der Waals surface area (Å²) in [5.41, 5.74) is 0. The van der Waals surface area contributed by atoms with Gasteiger partial charge in [-0.15, -0.1) is 0 Å². The van der Waals surface area contributed by atoms with E-state index in [4.69, 9.17) is 14.7 Å². The molecule has 0 aliphatic heterocycles. The third kappa shape index (κ3) is 8.76. The van der Waals surface area contributed by atoms with Crippen molar-refractivity contribution >= 4 is 15.6 Å². The largest absolute Gasteiger partial charge is 0.488 e. The fourth-order valence-corrected chi connectivity index (χ4v) is 1.24. The lowest BCUT2D eigenvalue weighted by Gasteiger charge is -2.08. The van der Waals surface area contributed by atoms with Crippen LogP contribution >= 0.6 is 15.6 Å². The molecule has 5 N–H and O–H groups in total. The maximum atomic E-state index is 10.5. The standard InChI is InChI=1S/C3H11NO8P2/c4-12-14(8,9)11-3-1-2-10-13(5,6)7/h1-4H2,(H,8,9)(H2,5,6,7). The maximum absolute atomic E-state index is 10.5. The molecular weight excluding hydrogens is 240 g/mol. The van der Waals surface area contributed by atoms with E-state index in [1.807, 2.05) is 0 Å². The van der Waals surface area contributed by atoms with Gasteiger partial charge in [0.05, 0.1) is 13.2 Å². The highest BCUT2D eigenvalue weighted by molar-refractivity contribution is 7.47. The molecular formula is C3H11NO8P2. The van der Waals surface area contributed by atoms with E-state index in [9.17, 15) is 9.13 Å². The number of nitrogens with two attached hydrogens (primary N) is 1. The molecule has 0 aliphatic carbocycles. The third-order valence-electron chi connectivity index (χ3n) is 0.936. The Morgan fingerprint density at radius 2 is 1.57 bits per heavy atom. The van der Waals surface area contributed by atoms with Gasteiger partial charge in [0.25, 0.3) is 0 Å². The third-order valence-corrected chi connectivity index (χ3v) is 2.23. The minimum atomic E-state index is -4.50. The van der Waals surface area contributed by atoms with Crippen LogP contribution < -0.4 is 5.90 Å². The monoisotopic (exact) mass is 251 g/mol. The molecule has 1 atom stereocenters. The Labute approximate surface area is 79.6 Å². The smallest absolute Gasteiger partial charge is 0.303 e. The molecule has 0 aromatic carbocycles. The molecule has 0 heterocycles. The van der Waals surface area contributed by atoms with E-state index in [0.717, 1.165) is 0 Å². The molecule has 11 heteroatoms. The summed E-state index contributed by atoms with van der Waals surface area (Å²) in [5, 5.41) is 0. The number of phosphoric acid groups is 2. The summed E-state index contributed by atoms with van der Waals surface area (Å²) in [6.07, 6.45) is 0.0129. The summed E-state index contributed by atoms with van der Waals surface area (Å²) in [7, 11) is -8.72. The van der Waals surface area contributed by atoms with E-state index in [1.165, 1.54) is 0 Å². The van der Waals surface area contributed by atoms with Crippen LogP contribution in [0.25, 0.3) is 0 Å². The Hall–Kier alpha value is 0.180. The summed E-state index contributed by atoms with van der Waals surface area (Å²) in [6, 6.07) is 0. The van der Waals surface area contributed by atoms with Gasteiger partial charge in [0.15, 0.2) is 0 Å². The summed E-state index contributed by atoms with van der Waals surface area (Å²) in [6.45, 7) is -0.584. The fourth-order valence-electron chi connectivity index (χ4n) is 0.453. The molecule has 0 radical (unpaired) electrons. The minimum absolute atomic E-state index is 0.0129. The molecule has 1 unspecified atom stereocenters. The highest BCUT2D eigenvalue weighted by Crippen LogP contribution is 2.41. The van der Waals surface area contributed by atoms with Crippen LogP contribution in [0.5, 0.6) is 0 Å². The first-order chi connectivity index (χ1) is 6.27. The van der Waals surface area contributed by atoms with Gasteiger partial charge in [0.2, 0.25) is 0 Å². The molecule has 0 saturated carbocycles. The quantitative estimate of drug-likeness (QED) is 0.266. The molecule has 0 bridgehead atoms. The molecule has 0 aromatic heterocycles. The predicted molar refractivity (Wildman–Crippen MR) is 43.7 cm³/mol. The number of rotatable bonds is 7. The second-order valence-corrected chi connectivity index (χ2v) is 4.73. The number of hydrogen-bond donors (Lipinski definition) is 4. The lowest BCUT2D eigenvalue weighted by molar-refractivity contribution is 0.136. The van der Waals surface area contributed by atoms with Crippen molar-refractivity contribution in [1.82, 2.24) is 0 Å². The van der Waals surface area contributed by atoms with E-state index >= 15 is 0 Å². The Morgan fingerprint density at radius 3 is 2.00 bits per heavy atom. The van der Waals surface area contributed by atoms with Gasteiger partial charge >= 0.3 is 15.6 Å². The normalized spacial score (nSPS) is 16.6. The predicted octanol–water partition coefficient (Wildman–Crippen LogP) is -0.507. The first-order valence-electron chi connectivity index (χ1n) is 3.33. The van der Waals surface area contributed by atoms with E-state index in [1.54, 1.807) is 0 Å². The summed E-state index contributed by atoms with van der Waals surface area (Å²) >= 11 is 0. The van der Waals surface area contributed by atoms with Crippen molar-refractivity contribution in [3.63, 3.8) is 0 Å². The fraction of sp³-hybridized carbons (Fsp3) is 1.00. The van der Waals surface area contributed by atoms with E-state index < -0.39 is 15.6 Å². The van der Waals surface area contributed by atoms with Crippen molar-refractivity contribution in [3.05, 3.63) is 0 Å². The van der Waals surface area contributed by atoms with Crippen molar-refractivity contribution in [2.45, 2.75) is 6.42 Å². The van der Waals surface area contributed by atoms with Crippen molar-refractivity contribution in [2.24, 2.45) is 5.90 Å². The lowest BCUT2D eigenvalue weighted by Crippen LogP contribution is -2.03. The average molecular weight is 251 g/mol. The van der Waals surface area contributed by atoms with Crippen LogP contribution in [0.2, 0.25) is 0 Å². The summed E-state index contributed by atoms with van der Waals surface area (Å²) in [5.74, 6) is 4.40. The molecule has 9 nitrogen and oxygen atoms in total. The first kappa shape index (κ1) is 14.2. The molecule has 86 valence electrons. The van der Waals surface area contributed by atoms with Gasteiger partial charge in [-0.2, -0.15) is 0 Å². The van der Waals surface area contributed by atoms with Crippen LogP contribution in [-0.4, -0.2) is 27.9 Å². The zero-order chi connectivity index (χ0) is 11.2. The van der Waals surface area contributed by atoms with Gasteiger partial charge in [-0.1, -0.05) is 0 Å². The van der Waals surface area contributed by atoms with Crippen molar-refractivity contribution in [1.29, 1.82) is 0 Å². The molecule has 0 rings (SSSR count). The van der Waals surface area contributed by atoms with Gasteiger partial charge in [-0.25, -0.2) is 19.7 Å². The maximum Gasteiger partial charge on any atom is 0.488 e. The zero-order valence-corrected chi connectivity index (χ0v) is 8.76. The molecule has 0 spiro atoms. The molecule has 0 fully saturated rings. The van der Waals surface area contributed by atoms with Gasteiger partial charge < -0.3 is 14.7 Å². The Morgan fingerprint density at radius 1 is 1.07 bits per heavy atom. The molecule has 0 aromatic rings. The van der Waals surface area contributed by atoms with Gasteiger partial charge in [-0.05, 0) is 6.42 Å². The molecule has 0 saturated heterocycles. The van der Waals surface area contributed by atoms with E-state index in [0.29, 0.717) is 0 Å². The van der Waals surface area contributed by atoms with Crippen LogP contribution in [0, 0.1) is 0 Å². The van der Waals surface area contributed by atoms with Crippen LogP contribution in [0.3, 0.4) is 0 Å². The van der Waals surface area contributed by atoms with Crippen LogP contribution in [0.4, 0.5) is 0 Å². The highest BCUT2D eigenvalue weighted by atomic mass is 31.2. The topological polar surface area (TPSA) is 149 Å². The Balaban J connectivity index is 3.49. The van der Waals surface area contributed by atoms with Gasteiger partial charge in [0, 0.05) is 0 Å². The average Bonchev–Trinajstić information content (AvgIpc) is 2.01. The van der Waals surface area contributed by atoms with Gasteiger partial charge in [-0.3, -0.25) is 9.05 Å². The van der Waals surface area contributed by atoms with Crippen molar-refractivity contribution in [2.75, 3.05) is 13.2 Å². The second-order valence-electron chi connectivity index (χ2n) is 2.08.